The van der Waals surface area contributed by atoms with Crippen molar-refractivity contribution in [1.29, 1.82) is 0 Å². The highest BCUT2D eigenvalue weighted by atomic mass is 16.6. The first-order valence-corrected chi connectivity index (χ1v) is 8.96. The zero-order chi connectivity index (χ0) is 19.6. The lowest BCUT2D eigenvalue weighted by Gasteiger charge is -2.18. The Balaban J connectivity index is 1.72. The Hall–Kier alpha value is -3.08. The van der Waals surface area contributed by atoms with Gasteiger partial charge in [-0.3, -0.25) is 4.79 Å². The Kier molecular flexibility index (Phi) is 5.31. The summed E-state index contributed by atoms with van der Waals surface area (Å²) in [6, 6.07) is 14.8. The van der Waals surface area contributed by atoms with Crippen LogP contribution in [0, 0.1) is 6.92 Å². The number of esters is 1. The molecule has 3 aromatic rings. The standard InChI is InChI=1S/C22H23NO4/c1-13(2)17-10-7-8-14(3)20(17)23-21(24)15(4)26-22(25)19-12-16-9-5-6-11-18(16)27-19/h5-13,15H,1-4H3,(H,23,24)/t15-/m1/s1. The molecule has 0 saturated heterocycles. The van der Waals surface area contributed by atoms with Crippen LogP contribution in [0.15, 0.2) is 52.9 Å². The second-order valence-corrected chi connectivity index (χ2v) is 6.88. The largest absolute Gasteiger partial charge is 0.449 e. The lowest BCUT2D eigenvalue weighted by Crippen LogP contribution is -2.30. The summed E-state index contributed by atoms with van der Waals surface area (Å²) < 4.78 is 10.8. The molecule has 1 amide bonds. The van der Waals surface area contributed by atoms with Crippen molar-refractivity contribution in [2.24, 2.45) is 0 Å². The number of rotatable bonds is 5. The van der Waals surface area contributed by atoms with E-state index in [1.807, 2.05) is 43.3 Å². The summed E-state index contributed by atoms with van der Waals surface area (Å²) in [6.45, 7) is 7.61. The lowest BCUT2D eigenvalue weighted by molar-refractivity contribution is -0.123. The quantitative estimate of drug-likeness (QED) is 0.643. The van der Waals surface area contributed by atoms with Crippen LogP contribution in [0.3, 0.4) is 0 Å². The van der Waals surface area contributed by atoms with E-state index in [1.54, 1.807) is 19.1 Å². The molecule has 0 radical (unpaired) electrons. The average molecular weight is 365 g/mol. The number of aryl methyl sites for hydroxylation is 1. The Bertz CT molecular complexity index is 954. The van der Waals surface area contributed by atoms with Crippen LogP contribution in [0.5, 0.6) is 0 Å². The van der Waals surface area contributed by atoms with E-state index in [-0.39, 0.29) is 17.6 Å². The van der Waals surface area contributed by atoms with Gasteiger partial charge >= 0.3 is 5.97 Å². The van der Waals surface area contributed by atoms with Crippen LogP contribution >= 0.6 is 0 Å². The number of anilines is 1. The van der Waals surface area contributed by atoms with Crippen LogP contribution in [0.2, 0.25) is 0 Å². The minimum Gasteiger partial charge on any atom is -0.449 e. The van der Waals surface area contributed by atoms with Gasteiger partial charge in [0.25, 0.3) is 5.91 Å². The molecule has 5 nitrogen and oxygen atoms in total. The van der Waals surface area contributed by atoms with E-state index in [2.05, 4.69) is 19.2 Å². The summed E-state index contributed by atoms with van der Waals surface area (Å²) in [5.41, 5.74) is 3.37. The van der Waals surface area contributed by atoms with Crippen molar-refractivity contribution in [3.8, 4) is 0 Å². The van der Waals surface area contributed by atoms with Crippen LogP contribution in [0.1, 0.15) is 48.4 Å². The number of fused-ring (bicyclic) bond motifs is 1. The lowest BCUT2D eigenvalue weighted by atomic mass is 9.98. The van der Waals surface area contributed by atoms with E-state index < -0.39 is 12.1 Å². The molecule has 0 spiro atoms. The number of carbonyl (C=O) groups is 2. The summed E-state index contributed by atoms with van der Waals surface area (Å²) in [6.07, 6.45) is -0.953. The fourth-order valence-electron chi connectivity index (χ4n) is 2.92. The molecular weight excluding hydrogens is 342 g/mol. The third-order valence-corrected chi connectivity index (χ3v) is 4.45. The van der Waals surface area contributed by atoms with Crippen molar-refractivity contribution in [2.75, 3.05) is 5.32 Å². The summed E-state index contributed by atoms with van der Waals surface area (Å²) in [7, 11) is 0. The van der Waals surface area contributed by atoms with E-state index in [9.17, 15) is 9.59 Å². The van der Waals surface area contributed by atoms with E-state index in [4.69, 9.17) is 9.15 Å². The van der Waals surface area contributed by atoms with Gasteiger partial charge in [0, 0.05) is 11.1 Å². The molecule has 0 saturated carbocycles. The molecule has 1 N–H and O–H groups in total. The molecule has 0 aliphatic heterocycles. The number of hydrogen-bond acceptors (Lipinski definition) is 4. The molecule has 0 aliphatic carbocycles. The molecular formula is C22H23NO4. The molecule has 0 fully saturated rings. The topological polar surface area (TPSA) is 68.5 Å². The summed E-state index contributed by atoms with van der Waals surface area (Å²) >= 11 is 0. The van der Waals surface area contributed by atoms with Crippen LogP contribution in [-0.4, -0.2) is 18.0 Å². The first-order chi connectivity index (χ1) is 12.9. The predicted octanol–water partition coefficient (Wildman–Crippen LogP) is 5.05. The van der Waals surface area contributed by atoms with Crippen molar-refractivity contribution in [3.05, 3.63) is 65.4 Å². The second-order valence-electron chi connectivity index (χ2n) is 6.88. The van der Waals surface area contributed by atoms with Crippen molar-refractivity contribution >= 4 is 28.5 Å². The highest BCUT2D eigenvalue weighted by Crippen LogP contribution is 2.27. The third kappa shape index (κ3) is 4.03. The molecule has 1 aromatic heterocycles. The van der Waals surface area contributed by atoms with Gasteiger partial charge in [-0.15, -0.1) is 0 Å². The first-order valence-electron chi connectivity index (χ1n) is 8.96. The number of nitrogens with one attached hydrogen (secondary N) is 1. The number of ether oxygens (including phenoxy) is 1. The normalized spacial score (nSPS) is 12.2. The van der Waals surface area contributed by atoms with Crippen molar-refractivity contribution in [3.63, 3.8) is 0 Å². The van der Waals surface area contributed by atoms with Gasteiger partial charge in [0.1, 0.15) is 5.58 Å². The zero-order valence-corrected chi connectivity index (χ0v) is 15.9. The minimum absolute atomic E-state index is 0.0783. The van der Waals surface area contributed by atoms with Crippen molar-refractivity contribution in [2.45, 2.75) is 39.7 Å². The minimum atomic E-state index is -0.953. The highest BCUT2D eigenvalue weighted by molar-refractivity contribution is 5.98. The van der Waals surface area contributed by atoms with Crippen LogP contribution in [0.25, 0.3) is 11.0 Å². The molecule has 27 heavy (non-hydrogen) atoms. The van der Waals surface area contributed by atoms with Crippen molar-refractivity contribution in [1.82, 2.24) is 0 Å². The Morgan fingerprint density at radius 2 is 1.78 bits per heavy atom. The zero-order valence-electron chi connectivity index (χ0n) is 15.9. The molecule has 1 atom stereocenters. The molecule has 5 heteroatoms. The van der Waals surface area contributed by atoms with Gasteiger partial charge in [-0.25, -0.2) is 4.79 Å². The molecule has 2 aromatic carbocycles. The number of benzene rings is 2. The number of hydrogen-bond donors (Lipinski definition) is 1. The van der Waals surface area contributed by atoms with Gasteiger partial charge in [0.2, 0.25) is 5.76 Å². The van der Waals surface area contributed by atoms with Crippen LogP contribution in [-0.2, 0) is 9.53 Å². The molecule has 140 valence electrons. The summed E-state index contributed by atoms with van der Waals surface area (Å²) in [4.78, 5) is 24.9. The number of furan rings is 1. The van der Waals surface area contributed by atoms with E-state index >= 15 is 0 Å². The third-order valence-electron chi connectivity index (χ3n) is 4.45. The number of para-hydroxylation sites is 2. The smallest absolute Gasteiger partial charge is 0.375 e. The van der Waals surface area contributed by atoms with Crippen LogP contribution < -0.4 is 5.32 Å². The number of carbonyl (C=O) groups excluding carboxylic acids is 2. The Morgan fingerprint density at radius 1 is 1.04 bits per heavy atom. The molecule has 0 bridgehead atoms. The van der Waals surface area contributed by atoms with Gasteiger partial charge < -0.3 is 14.5 Å². The SMILES string of the molecule is Cc1cccc(C(C)C)c1NC(=O)[C@@H](C)OC(=O)c1cc2ccccc2o1. The van der Waals surface area contributed by atoms with E-state index in [0.29, 0.717) is 5.58 Å². The summed E-state index contributed by atoms with van der Waals surface area (Å²) in [5.74, 6) is -0.707. The van der Waals surface area contributed by atoms with Gasteiger partial charge in [-0.2, -0.15) is 0 Å². The summed E-state index contributed by atoms with van der Waals surface area (Å²) in [5, 5.41) is 3.70. The fourth-order valence-corrected chi connectivity index (χ4v) is 2.92. The monoisotopic (exact) mass is 365 g/mol. The maximum atomic E-state index is 12.6. The Morgan fingerprint density at radius 3 is 2.48 bits per heavy atom. The highest BCUT2D eigenvalue weighted by Gasteiger charge is 2.23. The van der Waals surface area contributed by atoms with Crippen molar-refractivity contribution < 1.29 is 18.7 Å². The molecule has 1 heterocycles. The molecule has 0 unspecified atom stereocenters. The average Bonchev–Trinajstić information content (AvgIpc) is 3.07. The predicted molar refractivity (Wildman–Crippen MR) is 105 cm³/mol. The first kappa shape index (κ1) is 18.7. The van der Waals surface area contributed by atoms with Gasteiger partial charge in [-0.05, 0) is 43.0 Å². The Labute approximate surface area is 158 Å². The van der Waals surface area contributed by atoms with Gasteiger partial charge in [0.15, 0.2) is 6.10 Å². The second kappa shape index (κ2) is 7.66. The maximum Gasteiger partial charge on any atom is 0.375 e. The fraction of sp³-hybridized carbons (Fsp3) is 0.273. The maximum absolute atomic E-state index is 12.6. The van der Waals surface area contributed by atoms with Gasteiger partial charge in [-0.1, -0.05) is 50.2 Å². The van der Waals surface area contributed by atoms with Gasteiger partial charge in [0.05, 0.1) is 0 Å². The molecule has 3 rings (SSSR count). The van der Waals surface area contributed by atoms with E-state index in [1.165, 1.54) is 0 Å². The number of amides is 1. The van der Waals surface area contributed by atoms with Crippen LogP contribution in [0.4, 0.5) is 5.69 Å². The molecule has 0 aliphatic rings. The van der Waals surface area contributed by atoms with E-state index in [0.717, 1.165) is 22.2 Å².